The van der Waals surface area contributed by atoms with Crippen LogP contribution in [-0.4, -0.2) is 29.2 Å². The first-order chi connectivity index (χ1) is 15.6. The monoisotopic (exact) mass is 483 g/mol. The van der Waals surface area contributed by atoms with Crippen molar-refractivity contribution in [1.29, 1.82) is 0 Å². The Kier molecular flexibility index (Phi) is 5.78. The number of sulfonamides is 1. The number of nitrogens with zero attached hydrogens (tertiary/aromatic N) is 3. The molecule has 2 aromatic heterocycles. The fourth-order valence-corrected chi connectivity index (χ4v) is 5.00. The second-order valence-electron chi connectivity index (χ2n) is 7.15. The Labute approximate surface area is 192 Å². The lowest BCUT2D eigenvalue weighted by atomic mass is 10.2. The number of rotatable bonds is 6. The number of aryl methyl sites for hydroxylation is 2. The van der Waals surface area contributed by atoms with E-state index in [1.807, 2.05) is 0 Å². The Morgan fingerprint density at radius 2 is 1.67 bits per heavy atom. The molecular formula is C21H17N5O5S2. The van der Waals surface area contributed by atoms with Crippen molar-refractivity contribution < 1.29 is 18.1 Å². The Hall–Kier alpha value is -3.90. The zero-order valence-electron chi connectivity index (χ0n) is 17.4. The van der Waals surface area contributed by atoms with Crippen molar-refractivity contribution in [2.24, 2.45) is 0 Å². The summed E-state index contributed by atoms with van der Waals surface area (Å²) in [4.78, 5) is 31.5. The molecule has 4 rings (SSSR count). The third-order valence-corrected chi connectivity index (χ3v) is 7.02. The summed E-state index contributed by atoms with van der Waals surface area (Å²) in [5.74, 6) is -0.425. The van der Waals surface area contributed by atoms with Crippen LogP contribution in [0.4, 0.5) is 17.3 Å². The fourth-order valence-electron chi connectivity index (χ4n) is 3.12. The van der Waals surface area contributed by atoms with Gasteiger partial charge in [0.25, 0.3) is 21.6 Å². The second kappa shape index (κ2) is 8.56. The Balaban J connectivity index is 1.49. The van der Waals surface area contributed by atoms with Crippen LogP contribution in [0.2, 0.25) is 0 Å². The number of nitro groups is 1. The van der Waals surface area contributed by atoms with E-state index in [-0.39, 0.29) is 16.5 Å². The van der Waals surface area contributed by atoms with Crippen LogP contribution in [0.15, 0.2) is 59.5 Å². The molecule has 10 nitrogen and oxygen atoms in total. The van der Waals surface area contributed by atoms with Gasteiger partial charge in [0, 0.05) is 39.3 Å². The van der Waals surface area contributed by atoms with Crippen LogP contribution in [0, 0.1) is 24.0 Å². The molecule has 0 bridgehead atoms. The van der Waals surface area contributed by atoms with E-state index in [0.29, 0.717) is 27.3 Å². The molecule has 12 heteroatoms. The van der Waals surface area contributed by atoms with Crippen molar-refractivity contribution in [1.82, 2.24) is 9.97 Å². The molecule has 0 fully saturated rings. The van der Waals surface area contributed by atoms with E-state index in [4.69, 9.17) is 0 Å². The molecule has 1 amide bonds. The molecule has 2 aromatic carbocycles. The minimum atomic E-state index is -3.91. The molecule has 0 aliphatic rings. The third-order valence-electron chi connectivity index (χ3n) is 4.56. The van der Waals surface area contributed by atoms with Gasteiger partial charge in [0.2, 0.25) is 5.95 Å². The Morgan fingerprint density at radius 1 is 1.00 bits per heavy atom. The smallest absolute Gasteiger partial charge is 0.270 e. The van der Waals surface area contributed by atoms with Gasteiger partial charge in [0.15, 0.2) is 0 Å². The number of nitrogens with one attached hydrogen (secondary N) is 2. The third kappa shape index (κ3) is 4.96. The zero-order valence-corrected chi connectivity index (χ0v) is 19.0. The Bertz CT molecular complexity index is 1480. The second-order valence-corrected chi connectivity index (χ2v) is 9.91. The summed E-state index contributed by atoms with van der Waals surface area (Å²) in [7, 11) is -3.91. The maximum Gasteiger partial charge on any atom is 0.270 e. The summed E-state index contributed by atoms with van der Waals surface area (Å²) in [5, 5.41) is 14.2. The van der Waals surface area contributed by atoms with E-state index in [1.54, 1.807) is 32.0 Å². The minimum absolute atomic E-state index is 0.0163. The SMILES string of the molecule is Cc1cc(C)nc(NS(=O)(=O)c2ccc(NC(=O)c3cc4cc([N+](=O)[O-])ccc4s3)cc2)n1. The predicted molar refractivity (Wildman–Crippen MR) is 125 cm³/mol. The summed E-state index contributed by atoms with van der Waals surface area (Å²) in [6, 6.07) is 13.3. The number of aromatic nitrogens is 2. The zero-order chi connectivity index (χ0) is 23.8. The van der Waals surface area contributed by atoms with Gasteiger partial charge in [-0.15, -0.1) is 11.3 Å². The number of fused-ring (bicyclic) bond motifs is 1. The minimum Gasteiger partial charge on any atom is -0.321 e. The number of carbonyl (C=O) groups excluding carboxylic acids is 1. The molecule has 0 unspecified atom stereocenters. The summed E-state index contributed by atoms with van der Waals surface area (Å²) in [5.41, 5.74) is 1.61. The molecule has 0 aliphatic heterocycles. The van der Waals surface area contributed by atoms with Crippen molar-refractivity contribution in [3.8, 4) is 0 Å². The number of non-ortho nitro benzene ring substituents is 1. The standard InChI is InChI=1S/C21H17N5O5S2/c1-12-9-13(2)23-21(22-12)25-33(30,31)17-6-3-15(4-7-17)24-20(27)19-11-14-10-16(26(28)29)5-8-18(14)32-19/h3-11H,1-2H3,(H,24,27)(H,22,23,25). The van der Waals surface area contributed by atoms with Crippen molar-refractivity contribution >= 4 is 54.7 Å². The molecule has 2 N–H and O–H groups in total. The van der Waals surface area contributed by atoms with E-state index >= 15 is 0 Å². The molecule has 4 aromatic rings. The van der Waals surface area contributed by atoms with Crippen LogP contribution in [0.3, 0.4) is 0 Å². The molecule has 0 spiro atoms. The van der Waals surface area contributed by atoms with Crippen molar-refractivity contribution in [2.75, 3.05) is 10.0 Å². The number of benzene rings is 2. The van der Waals surface area contributed by atoms with Gasteiger partial charge in [-0.2, -0.15) is 0 Å². The topological polar surface area (TPSA) is 144 Å². The van der Waals surface area contributed by atoms with Gasteiger partial charge in [-0.05, 0) is 56.3 Å². The largest absolute Gasteiger partial charge is 0.321 e. The first kappa shape index (κ1) is 22.3. The van der Waals surface area contributed by atoms with Crippen LogP contribution in [-0.2, 0) is 10.0 Å². The number of anilines is 2. The number of hydrogen-bond donors (Lipinski definition) is 2. The molecule has 0 saturated carbocycles. The van der Waals surface area contributed by atoms with E-state index in [1.165, 1.54) is 47.7 Å². The van der Waals surface area contributed by atoms with E-state index in [2.05, 4.69) is 20.0 Å². The van der Waals surface area contributed by atoms with Crippen LogP contribution >= 0.6 is 11.3 Å². The van der Waals surface area contributed by atoms with Crippen LogP contribution < -0.4 is 10.0 Å². The summed E-state index contributed by atoms with van der Waals surface area (Å²) < 4.78 is 28.3. The van der Waals surface area contributed by atoms with Crippen molar-refractivity contribution in [2.45, 2.75) is 18.7 Å². The predicted octanol–water partition coefficient (Wildman–Crippen LogP) is 4.27. The quantitative estimate of drug-likeness (QED) is 0.308. The first-order valence-electron chi connectivity index (χ1n) is 9.55. The van der Waals surface area contributed by atoms with Gasteiger partial charge in [-0.25, -0.2) is 23.1 Å². The maximum absolute atomic E-state index is 12.6. The summed E-state index contributed by atoms with van der Waals surface area (Å²) in [6.45, 7) is 3.48. The van der Waals surface area contributed by atoms with Gasteiger partial charge < -0.3 is 5.32 Å². The highest BCUT2D eigenvalue weighted by Gasteiger charge is 2.17. The van der Waals surface area contributed by atoms with Gasteiger partial charge in [0.1, 0.15) is 0 Å². The van der Waals surface area contributed by atoms with E-state index in [9.17, 15) is 23.3 Å². The average Bonchev–Trinajstić information content (AvgIpc) is 3.16. The lowest BCUT2D eigenvalue weighted by molar-refractivity contribution is -0.384. The highest BCUT2D eigenvalue weighted by Crippen LogP contribution is 2.29. The molecule has 168 valence electrons. The highest BCUT2D eigenvalue weighted by molar-refractivity contribution is 7.92. The van der Waals surface area contributed by atoms with Crippen molar-refractivity contribution in [3.05, 3.63) is 81.0 Å². The Morgan fingerprint density at radius 3 is 2.30 bits per heavy atom. The summed E-state index contributed by atoms with van der Waals surface area (Å²) >= 11 is 1.20. The average molecular weight is 484 g/mol. The highest BCUT2D eigenvalue weighted by atomic mass is 32.2. The summed E-state index contributed by atoms with van der Waals surface area (Å²) in [6.07, 6.45) is 0. The molecule has 33 heavy (non-hydrogen) atoms. The van der Waals surface area contributed by atoms with Crippen LogP contribution in [0.5, 0.6) is 0 Å². The molecule has 2 heterocycles. The number of nitro benzene ring substituents is 1. The molecule has 0 saturated heterocycles. The number of amides is 1. The van der Waals surface area contributed by atoms with Gasteiger partial charge >= 0.3 is 0 Å². The van der Waals surface area contributed by atoms with Crippen LogP contribution in [0.1, 0.15) is 21.1 Å². The first-order valence-corrected chi connectivity index (χ1v) is 11.9. The van der Waals surface area contributed by atoms with Crippen LogP contribution in [0.25, 0.3) is 10.1 Å². The number of thiophene rings is 1. The molecule has 0 aliphatic carbocycles. The van der Waals surface area contributed by atoms with Crippen molar-refractivity contribution in [3.63, 3.8) is 0 Å². The fraction of sp³-hybridized carbons (Fsp3) is 0.0952. The lowest BCUT2D eigenvalue weighted by Crippen LogP contribution is -2.16. The molecular weight excluding hydrogens is 466 g/mol. The number of carbonyl (C=O) groups is 1. The van der Waals surface area contributed by atoms with Gasteiger partial charge in [-0.1, -0.05) is 0 Å². The van der Waals surface area contributed by atoms with E-state index in [0.717, 1.165) is 4.70 Å². The molecule has 0 radical (unpaired) electrons. The lowest BCUT2D eigenvalue weighted by Gasteiger charge is -2.09. The maximum atomic E-state index is 12.6. The normalized spacial score (nSPS) is 11.3. The molecule has 0 atom stereocenters. The van der Waals surface area contributed by atoms with Gasteiger partial charge in [-0.3, -0.25) is 14.9 Å². The van der Waals surface area contributed by atoms with E-state index < -0.39 is 20.9 Å². The number of hydrogen-bond acceptors (Lipinski definition) is 8. The van der Waals surface area contributed by atoms with Gasteiger partial charge in [0.05, 0.1) is 14.7 Å².